The van der Waals surface area contributed by atoms with E-state index in [2.05, 4.69) is 14.8 Å². The molecule has 0 atom stereocenters. The molecule has 0 spiro atoms. The molecule has 2 rings (SSSR count). The van der Waals surface area contributed by atoms with Crippen molar-refractivity contribution in [2.75, 3.05) is 7.11 Å². The number of ether oxygens (including phenoxy) is 1. The van der Waals surface area contributed by atoms with Gasteiger partial charge < -0.3 is 4.74 Å². The van der Waals surface area contributed by atoms with Gasteiger partial charge in [-0.2, -0.15) is 31.4 Å². The maximum absolute atomic E-state index is 13.1. The molecule has 11 heteroatoms. The van der Waals surface area contributed by atoms with Gasteiger partial charge in [0.2, 0.25) is 5.88 Å². The lowest BCUT2D eigenvalue weighted by molar-refractivity contribution is -0.146. The third-order valence-corrected chi connectivity index (χ3v) is 2.71. The molecule has 0 saturated heterocycles. The molecule has 0 N–H and O–H groups in total. The summed E-state index contributed by atoms with van der Waals surface area (Å²) in [7, 11) is 0.859. The summed E-state index contributed by atoms with van der Waals surface area (Å²) in [6.45, 7) is 0. The molecule has 0 aliphatic heterocycles. The average molecular weight is 339 g/mol. The zero-order chi connectivity index (χ0) is 17.4. The van der Waals surface area contributed by atoms with Gasteiger partial charge in [-0.3, -0.25) is 4.79 Å². The predicted octanol–water partition coefficient (Wildman–Crippen LogP) is 3.01. The van der Waals surface area contributed by atoms with Crippen LogP contribution in [0.4, 0.5) is 26.3 Å². The van der Waals surface area contributed by atoms with Crippen molar-refractivity contribution in [3.63, 3.8) is 0 Å². The first-order chi connectivity index (χ1) is 10.6. The maximum atomic E-state index is 13.1. The smallest absolute Gasteiger partial charge is 0.434 e. The van der Waals surface area contributed by atoms with Gasteiger partial charge in [0.25, 0.3) is 5.91 Å². The molecule has 124 valence electrons. The zero-order valence-corrected chi connectivity index (χ0v) is 11.2. The minimum atomic E-state index is -5.30. The Hall–Kier alpha value is -2.59. The van der Waals surface area contributed by atoms with Gasteiger partial charge in [0.05, 0.1) is 18.2 Å². The number of carbonyl (C=O) groups is 1. The number of aromatic nitrogens is 3. The molecular formula is C12H7F6N3O2. The van der Waals surface area contributed by atoms with Crippen LogP contribution in [0.15, 0.2) is 24.5 Å². The Balaban J connectivity index is 2.82. The fourth-order valence-corrected chi connectivity index (χ4v) is 1.77. The van der Waals surface area contributed by atoms with Crippen molar-refractivity contribution in [1.29, 1.82) is 0 Å². The molecule has 23 heavy (non-hydrogen) atoms. The van der Waals surface area contributed by atoms with E-state index in [0.29, 0.717) is 4.68 Å². The number of carbonyl (C=O) groups excluding carboxylic acids is 1. The van der Waals surface area contributed by atoms with E-state index in [-0.39, 0.29) is 6.07 Å². The molecule has 0 unspecified atom stereocenters. The van der Waals surface area contributed by atoms with E-state index in [1.54, 1.807) is 0 Å². The van der Waals surface area contributed by atoms with E-state index in [1.807, 2.05) is 0 Å². The van der Waals surface area contributed by atoms with E-state index in [4.69, 9.17) is 0 Å². The minimum absolute atomic E-state index is 0.228. The van der Waals surface area contributed by atoms with Crippen LogP contribution in [0, 0.1) is 0 Å². The maximum Gasteiger partial charge on any atom is 0.434 e. The molecule has 2 aromatic heterocycles. The van der Waals surface area contributed by atoms with Gasteiger partial charge in [-0.25, -0.2) is 9.67 Å². The molecular weight excluding hydrogens is 332 g/mol. The molecule has 0 bridgehead atoms. The Kier molecular flexibility index (Phi) is 4.05. The normalized spacial score (nSPS) is 12.3. The Morgan fingerprint density at radius 1 is 1.17 bits per heavy atom. The largest absolute Gasteiger partial charge is 0.481 e. The van der Waals surface area contributed by atoms with Crippen molar-refractivity contribution in [2.24, 2.45) is 0 Å². The van der Waals surface area contributed by atoms with Crippen molar-refractivity contribution in [3.05, 3.63) is 41.3 Å². The summed E-state index contributed by atoms with van der Waals surface area (Å²) in [6, 6.07) is 1.40. The second kappa shape index (κ2) is 5.56. The van der Waals surface area contributed by atoms with Crippen molar-refractivity contribution in [1.82, 2.24) is 14.8 Å². The molecule has 2 aromatic rings. The highest BCUT2D eigenvalue weighted by molar-refractivity contribution is 5.98. The summed E-state index contributed by atoms with van der Waals surface area (Å²) in [4.78, 5) is 15.0. The van der Waals surface area contributed by atoms with Crippen LogP contribution < -0.4 is 4.74 Å². The Morgan fingerprint density at radius 2 is 1.83 bits per heavy atom. The second-order valence-electron chi connectivity index (χ2n) is 4.19. The van der Waals surface area contributed by atoms with Crippen LogP contribution in [0.1, 0.15) is 21.6 Å². The monoisotopic (exact) mass is 339 g/mol. The Bertz CT molecular complexity index is 686. The molecule has 0 radical (unpaired) electrons. The highest BCUT2D eigenvalue weighted by Gasteiger charge is 2.45. The van der Waals surface area contributed by atoms with Crippen LogP contribution >= 0.6 is 0 Å². The van der Waals surface area contributed by atoms with Gasteiger partial charge in [0.15, 0.2) is 5.69 Å². The predicted molar refractivity (Wildman–Crippen MR) is 62.7 cm³/mol. The third kappa shape index (κ3) is 3.27. The number of nitrogens with zero attached hydrogens (tertiary/aromatic N) is 3. The molecule has 0 aromatic carbocycles. The van der Waals surface area contributed by atoms with E-state index in [1.165, 1.54) is 6.07 Å². The van der Waals surface area contributed by atoms with Gasteiger partial charge in [-0.15, -0.1) is 0 Å². The standard InChI is InChI=1S/C12H7F6N3O2/c1-23-7-5-6(11(13,14)15)8(9(20-7)12(16,17)18)10(22)21-4-2-3-19-21/h2-5H,1H3. The highest BCUT2D eigenvalue weighted by atomic mass is 19.4. The van der Waals surface area contributed by atoms with Gasteiger partial charge >= 0.3 is 12.4 Å². The van der Waals surface area contributed by atoms with Crippen LogP contribution in [-0.4, -0.2) is 27.8 Å². The first kappa shape index (κ1) is 16.8. The van der Waals surface area contributed by atoms with Gasteiger partial charge in [0, 0.05) is 18.5 Å². The first-order valence-corrected chi connectivity index (χ1v) is 5.83. The number of alkyl halides is 6. The minimum Gasteiger partial charge on any atom is -0.481 e. The lowest BCUT2D eigenvalue weighted by atomic mass is 10.0. The first-order valence-electron chi connectivity index (χ1n) is 5.83. The fraction of sp³-hybridized carbons (Fsp3) is 0.250. The van der Waals surface area contributed by atoms with E-state index in [9.17, 15) is 31.1 Å². The highest BCUT2D eigenvalue weighted by Crippen LogP contribution is 2.40. The zero-order valence-electron chi connectivity index (χ0n) is 11.2. The second-order valence-corrected chi connectivity index (χ2v) is 4.19. The van der Waals surface area contributed by atoms with Crippen LogP contribution in [0.5, 0.6) is 5.88 Å². The van der Waals surface area contributed by atoms with E-state index < -0.39 is 41.0 Å². The molecule has 0 aliphatic rings. The Labute approximate surface area is 124 Å². The third-order valence-electron chi connectivity index (χ3n) is 2.71. The molecule has 0 fully saturated rings. The molecule has 5 nitrogen and oxygen atoms in total. The fourth-order valence-electron chi connectivity index (χ4n) is 1.77. The number of halogens is 6. The van der Waals surface area contributed by atoms with Crippen molar-refractivity contribution >= 4 is 5.91 Å². The lowest BCUT2D eigenvalue weighted by Gasteiger charge is -2.18. The number of rotatable bonds is 2. The number of hydrogen-bond donors (Lipinski definition) is 0. The Morgan fingerprint density at radius 3 is 2.26 bits per heavy atom. The van der Waals surface area contributed by atoms with Crippen LogP contribution in [0.3, 0.4) is 0 Å². The number of methoxy groups -OCH3 is 1. The van der Waals surface area contributed by atoms with Crippen LogP contribution in [-0.2, 0) is 12.4 Å². The SMILES string of the molecule is COc1cc(C(F)(F)F)c(C(=O)n2cccn2)c(C(F)(F)F)n1. The molecule has 0 saturated carbocycles. The number of pyridine rings is 1. The van der Waals surface area contributed by atoms with Crippen molar-refractivity contribution in [3.8, 4) is 5.88 Å². The summed E-state index contributed by atoms with van der Waals surface area (Å²) >= 11 is 0. The molecule has 2 heterocycles. The van der Waals surface area contributed by atoms with Crippen LogP contribution in [0.2, 0.25) is 0 Å². The molecule has 0 aliphatic carbocycles. The summed E-state index contributed by atoms with van der Waals surface area (Å²) in [6.07, 6.45) is -8.57. The van der Waals surface area contributed by atoms with E-state index in [0.717, 1.165) is 19.5 Å². The van der Waals surface area contributed by atoms with Crippen molar-refractivity contribution < 1.29 is 35.9 Å². The van der Waals surface area contributed by atoms with E-state index >= 15 is 0 Å². The van der Waals surface area contributed by atoms with Crippen molar-refractivity contribution in [2.45, 2.75) is 12.4 Å². The topological polar surface area (TPSA) is 57.0 Å². The summed E-state index contributed by atoms with van der Waals surface area (Å²) < 4.78 is 83.2. The summed E-state index contributed by atoms with van der Waals surface area (Å²) in [5.74, 6) is -2.52. The number of hydrogen-bond acceptors (Lipinski definition) is 4. The summed E-state index contributed by atoms with van der Waals surface area (Å²) in [5, 5.41) is 3.35. The lowest BCUT2D eigenvalue weighted by Crippen LogP contribution is -2.26. The summed E-state index contributed by atoms with van der Waals surface area (Å²) in [5.41, 5.74) is -5.45. The van der Waals surface area contributed by atoms with Gasteiger partial charge in [-0.05, 0) is 6.07 Å². The van der Waals surface area contributed by atoms with Gasteiger partial charge in [0.1, 0.15) is 0 Å². The molecule has 0 amide bonds. The quantitative estimate of drug-likeness (QED) is 0.790. The van der Waals surface area contributed by atoms with Crippen LogP contribution in [0.25, 0.3) is 0 Å². The average Bonchev–Trinajstić information content (AvgIpc) is 2.97. The van der Waals surface area contributed by atoms with Gasteiger partial charge in [-0.1, -0.05) is 0 Å².